The van der Waals surface area contributed by atoms with Gasteiger partial charge in [-0.3, -0.25) is 0 Å². The van der Waals surface area contributed by atoms with Gasteiger partial charge in [0, 0.05) is 15.7 Å². The molecule has 0 radical (unpaired) electrons. The fraction of sp³-hybridized carbons (Fsp3) is 0.150. The Morgan fingerprint density at radius 2 is 1.64 bits per heavy atom. The number of aromatic hydroxyl groups is 1. The maximum atomic E-state index is 13.2. The van der Waals surface area contributed by atoms with Crippen molar-refractivity contribution in [2.24, 2.45) is 0 Å². The van der Waals surface area contributed by atoms with E-state index in [0.717, 1.165) is 0 Å². The molecule has 0 saturated heterocycles. The van der Waals surface area contributed by atoms with Crippen molar-refractivity contribution in [3.63, 3.8) is 0 Å². The SMILES string of the molecule is CCOC(=O)c1c(C)c(S(=O)c2ccccc2)c2ccccc2c1O. The molecule has 0 aliphatic rings. The highest BCUT2D eigenvalue weighted by Gasteiger charge is 2.25. The first-order valence-corrected chi connectivity index (χ1v) is 9.09. The third-order valence-electron chi connectivity index (χ3n) is 4.00. The second-order valence-corrected chi connectivity index (χ2v) is 6.94. The molecule has 0 aliphatic heterocycles. The van der Waals surface area contributed by atoms with Crippen LogP contribution in [0.5, 0.6) is 5.75 Å². The Kier molecular flexibility index (Phi) is 4.86. The molecule has 1 N–H and O–H groups in total. The van der Waals surface area contributed by atoms with E-state index in [1.54, 1.807) is 44.2 Å². The smallest absolute Gasteiger partial charge is 0.342 e. The first-order chi connectivity index (χ1) is 12.1. The van der Waals surface area contributed by atoms with Gasteiger partial charge in [-0.15, -0.1) is 0 Å². The Labute approximate surface area is 148 Å². The lowest BCUT2D eigenvalue weighted by molar-refractivity contribution is 0.0522. The molecule has 128 valence electrons. The summed E-state index contributed by atoms with van der Waals surface area (Å²) < 4.78 is 18.3. The van der Waals surface area contributed by atoms with Crippen molar-refractivity contribution in [2.75, 3.05) is 6.61 Å². The van der Waals surface area contributed by atoms with Gasteiger partial charge in [0.25, 0.3) is 0 Å². The second kappa shape index (κ2) is 7.07. The number of esters is 1. The highest BCUT2D eigenvalue weighted by atomic mass is 32.2. The highest BCUT2D eigenvalue weighted by molar-refractivity contribution is 7.85. The monoisotopic (exact) mass is 354 g/mol. The lowest BCUT2D eigenvalue weighted by Crippen LogP contribution is -2.10. The molecule has 0 saturated carbocycles. The van der Waals surface area contributed by atoms with Crippen molar-refractivity contribution in [3.8, 4) is 5.75 Å². The molecule has 25 heavy (non-hydrogen) atoms. The van der Waals surface area contributed by atoms with Gasteiger partial charge in [0.05, 0.1) is 22.3 Å². The van der Waals surface area contributed by atoms with E-state index in [4.69, 9.17) is 4.74 Å². The van der Waals surface area contributed by atoms with Crippen LogP contribution in [0.3, 0.4) is 0 Å². The minimum absolute atomic E-state index is 0.0693. The number of carbonyl (C=O) groups excluding carboxylic acids is 1. The number of rotatable bonds is 4. The van der Waals surface area contributed by atoms with Gasteiger partial charge in [0.1, 0.15) is 11.3 Å². The minimum Gasteiger partial charge on any atom is -0.506 e. The lowest BCUT2D eigenvalue weighted by Gasteiger charge is -2.16. The number of hydrogen-bond acceptors (Lipinski definition) is 4. The van der Waals surface area contributed by atoms with Gasteiger partial charge in [0.15, 0.2) is 0 Å². The third kappa shape index (κ3) is 3.03. The third-order valence-corrected chi connectivity index (χ3v) is 5.60. The van der Waals surface area contributed by atoms with Gasteiger partial charge in [-0.2, -0.15) is 0 Å². The molecule has 0 fully saturated rings. The Balaban J connectivity index is 2.34. The normalized spacial score (nSPS) is 12.1. The van der Waals surface area contributed by atoms with E-state index in [1.165, 1.54) is 0 Å². The van der Waals surface area contributed by atoms with Crippen LogP contribution in [0.25, 0.3) is 10.8 Å². The zero-order chi connectivity index (χ0) is 18.0. The van der Waals surface area contributed by atoms with Crippen molar-refractivity contribution in [1.82, 2.24) is 0 Å². The molecule has 4 nitrogen and oxygen atoms in total. The summed E-state index contributed by atoms with van der Waals surface area (Å²) in [5, 5.41) is 11.7. The summed E-state index contributed by atoms with van der Waals surface area (Å²) in [4.78, 5) is 13.5. The zero-order valence-corrected chi connectivity index (χ0v) is 14.8. The molecule has 5 heteroatoms. The summed E-state index contributed by atoms with van der Waals surface area (Å²) in [6, 6.07) is 16.1. The molecule has 3 rings (SSSR count). The van der Waals surface area contributed by atoms with E-state index < -0.39 is 16.8 Å². The number of phenolic OH excluding ortho intramolecular Hbond substituents is 1. The highest BCUT2D eigenvalue weighted by Crippen LogP contribution is 2.38. The average Bonchev–Trinajstić information content (AvgIpc) is 2.63. The zero-order valence-electron chi connectivity index (χ0n) is 14.0. The molecule has 3 aromatic carbocycles. The van der Waals surface area contributed by atoms with Crippen LogP contribution >= 0.6 is 0 Å². The Hall–Kier alpha value is -2.66. The number of carbonyl (C=O) groups is 1. The van der Waals surface area contributed by atoms with Crippen molar-refractivity contribution in [1.29, 1.82) is 0 Å². The number of phenols is 1. The molecule has 1 atom stereocenters. The Bertz CT molecular complexity index is 964. The van der Waals surface area contributed by atoms with Gasteiger partial charge in [-0.25, -0.2) is 9.00 Å². The van der Waals surface area contributed by atoms with E-state index in [9.17, 15) is 14.1 Å². The van der Waals surface area contributed by atoms with Crippen LogP contribution in [0.4, 0.5) is 0 Å². The molecule has 0 spiro atoms. The molecule has 0 amide bonds. The first kappa shape index (κ1) is 17.2. The van der Waals surface area contributed by atoms with Gasteiger partial charge in [-0.05, 0) is 31.5 Å². The maximum absolute atomic E-state index is 13.2. The molecule has 0 aromatic heterocycles. The summed E-state index contributed by atoms with van der Waals surface area (Å²) in [5.41, 5.74) is 0.539. The van der Waals surface area contributed by atoms with Crippen LogP contribution in [-0.2, 0) is 15.5 Å². The van der Waals surface area contributed by atoms with Gasteiger partial charge < -0.3 is 9.84 Å². The summed E-state index contributed by atoms with van der Waals surface area (Å²) in [7, 11) is -1.49. The van der Waals surface area contributed by atoms with Crippen LogP contribution in [0.1, 0.15) is 22.8 Å². The number of ether oxygens (including phenoxy) is 1. The molecular formula is C20H18O4S. The van der Waals surface area contributed by atoms with E-state index in [2.05, 4.69) is 0 Å². The van der Waals surface area contributed by atoms with Gasteiger partial charge in [0.2, 0.25) is 0 Å². The standard InChI is InChI=1S/C20H18O4S/c1-3-24-20(22)17-13(2)19(25(23)14-9-5-4-6-10-14)16-12-8-7-11-15(16)18(17)21/h4-12,21H,3H2,1-2H3. The predicted molar refractivity (Wildman–Crippen MR) is 97.4 cm³/mol. The quantitative estimate of drug-likeness (QED) is 0.713. The van der Waals surface area contributed by atoms with Crippen molar-refractivity contribution >= 4 is 27.5 Å². The molecule has 1 unspecified atom stereocenters. The average molecular weight is 354 g/mol. The topological polar surface area (TPSA) is 63.6 Å². The Morgan fingerprint density at radius 1 is 1.04 bits per heavy atom. The van der Waals surface area contributed by atoms with Gasteiger partial charge >= 0.3 is 5.97 Å². The van der Waals surface area contributed by atoms with E-state index >= 15 is 0 Å². The van der Waals surface area contributed by atoms with Crippen molar-refractivity contribution in [2.45, 2.75) is 23.6 Å². The largest absolute Gasteiger partial charge is 0.506 e. The van der Waals surface area contributed by atoms with E-state index in [-0.39, 0.29) is 17.9 Å². The van der Waals surface area contributed by atoms with Crippen LogP contribution < -0.4 is 0 Å². The first-order valence-electron chi connectivity index (χ1n) is 7.94. The number of benzene rings is 3. The number of fused-ring (bicyclic) bond motifs is 1. The van der Waals surface area contributed by atoms with Gasteiger partial charge in [-0.1, -0.05) is 42.5 Å². The molecular weight excluding hydrogens is 336 g/mol. The fourth-order valence-electron chi connectivity index (χ4n) is 2.87. The fourth-order valence-corrected chi connectivity index (χ4v) is 4.27. The molecule has 3 aromatic rings. The second-order valence-electron chi connectivity index (χ2n) is 5.53. The van der Waals surface area contributed by atoms with E-state index in [0.29, 0.717) is 26.1 Å². The number of hydrogen-bond donors (Lipinski definition) is 1. The van der Waals surface area contributed by atoms with Crippen molar-refractivity contribution in [3.05, 3.63) is 65.7 Å². The van der Waals surface area contributed by atoms with Crippen LogP contribution in [0, 0.1) is 6.92 Å². The minimum atomic E-state index is -1.49. The van der Waals surface area contributed by atoms with Crippen LogP contribution in [-0.4, -0.2) is 21.9 Å². The van der Waals surface area contributed by atoms with Crippen molar-refractivity contribution < 1.29 is 18.8 Å². The molecule has 0 bridgehead atoms. The summed E-state index contributed by atoms with van der Waals surface area (Å²) in [6.45, 7) is 3.59. The summed E-state index contributed by atoms with van der Waals surface area (Å²) in [5.74, 6) is -0.755. The Morgan fingerprint density at radius 3 is 2.28 bits per heavy atom. The van der Waals surface area contributed by atoms with Crippen LogP contribution in [0.2, 0.25) is 0 Å². The summed E-state index contributed by atoms with van der Waals surface area (Å²) in [6.07, 6.45) is 0. The maximum Gasteiger partial charge on any atom is 0.342 e. The summed E-state index contributed by atoms with van der Waals surface area (Å²) >= 11 is 0. The van der Waals surface area contributed by atoms with E-state index in [1.807, 2.05) is 24.3 Å². The molecule has 0 aliphatic carbocycles. The lowest BCUT2D eigenvalue weighted by atomic mass is 10.00. The molecule has 0 heterocycles. The van der Waals surface area contributed by atoms with Crippen LogP contribution in [0.15, 0.2) is 64.4 Å². The predicted octanol–water partition coefficient (Wildman–Crippen LogP) is 4.20.